The fourth-order valence-electron chi connectivity index (χ4n) is 2.34. The number of benzene rings is 1. The van der Waals surface area contributed by atoms with E-state index >= 15 is 0 Å². The van der Waals surface area contributed by atoms with Crippen molar-refractivity contribution in [2.24, 2.45) is 10.7 Å². The topological polar surface area (TPSA) is 84.8 Å². The lowest BCUT2D eigenvalue weighted by Crippen LogP contribution is -2.38. The first-order chi connectivity index (χ1) is 9.66. The van der Waals surface area contributed by atoms with Gasteiger partial charge in [0.1, 0.15) is 0 Å². The predicted molar refractivity (Wildman–Crippen MR) is 93.9 cm³/mol. The van der Waals surface area contributed by atoms with Crippen molar-refractivity contribution in [2.75, 3.05) is 13.1 Å². The highest BCUT2D eigenvalue weighted by molar-refractivity contribution is 14.0. The van der Waals surface area contributed by atoms with E-state index < -0.39 is 4.92 Å². The lowest BCUT2D eigenvalue weighted by Gasteiger charge is -2.21. The van der Waals surface area contributed by atoms with Crippen LogP contribution in [-0.4, -0.2) is 28.9 Å². The number of hydrogen-bond acceptors (Lipinski definition) is 3. The summed E-state index contributed by atoms with van der Waals surface area (Å²) >= 11 is 0. The van der Waals surface area contributed by atoms with Gasteiger partial charge < -0.3 is 10.6 Å². The second-order valence-electron chi connectivity index (χ2n) is 5.00. The molecule has 0 bridgehead atoms. The molecular formula is C14H21IN4O2. The molecule has 1 aliphatic rings. The highest BCUT2D eigenvalue weighted by Crippen LogP contribution is 2.14. The van der Waals surface area contributed by atoms with E-state index in [1.54, 1.807) is 12.1 Å². The second kappa shape index (κ2) is 8.81. The van der Waals surface area contributed by atoms with Crippen LogP contribution >= 0.6 is 24.0 Å². The fraction of sp³-hybridized carbons (Fsp3) is 0.500. The molecule has 0 unspecified atom stereocenters. The largest absolute Gasteiger partial charge is 0.370 e. The minimum absolute atomic E-state index is 0. The summed E-state index contributed by atoms with van der Waals surface area (Å²) in [5.74, 6) is 0.540. The Hall–Kier alpha value is -1.38. The summed E-state index contributed by atoms with van der Waals surface area (Å²) in [6, 6.07) is 6.52. The number of likely N-dealkylation sites (tertiary alicyclic amines) is 1. The van der Waals surface area contributed by atoms with Crippen LogP contribution in [0.4, 0.5) is 5.69 Å². The van der Waals surface area contributed by atoms with Gasteiger partial charge in [0.25, 0.3) is 5.69 Å². The zero-order valence-corrected chi connectivity index (χ0v) is 14.2. The molecule has 1 aliphatic heterocycles. The van der Waals surface area contributed by atoms with Gasteiger partial charge in [0.05, 0.1) is 11.5 Å². The summed E-state index contributed by atoms with van der Waals surface area (Å²) in [5.41, 5.74) is 6.90. The van der Waals surface area contributed by atoms with Crippen LogP contribution in [0, 0.1) is 10.1 Å². The van der Waals surface area contributed by atoms with Crippen LogP contribution in [0.1, 0.15) is 31.2 Å². The van der Waals surface area contributed by atoms with Crippen molar-refractivity contribution in [3.05, 3.63) is 39.9 Å². The maximum atomic E-state index is 10.7. The van der Waals surface area contributed by atoms with Crippen molar-refractivity contribution >= 4 is 35.6 Å². The number of rotatable bonds is 3. The van der Waals surface area contributed by atoms with E-state index in [1.807, 2.05) is 6.07 Å². The zero-order valence-electron chi connectivity index (χ0n) is 11.9. The number of non-ortho nitro benzene ring substituents is 1. The first kappa shape index (κ1) is 17.7. The number of guanidine groups is 1. The summed E-state index contributed by atoms with van der Waals surface area (Å²) < 4.78 is 0. The number of aliphatic imine (C=N–C) groups is 1. The van der Waals surface area contributed by atoms with Gasteiger partial charge in [-0.25, -0.2) is 4.99 Å². The molecule has 6 nitrogen and oxygen atoms in total. The Labute approximate surface area is 141 Å². The number of nitro groups is 1. The molecule has 2 N–H and O–H groups in total. The average Bonchev–Trinajstić information content (AvgIpc) is 2.74. The smallest absolute Gasteiger partial charge is 0.269 e. The summed E-state index contributed by atoms with van der Waals surface area (Å²) in [5, 5.41) is 10.7. The molecule has 1 saturated heterocycles. The number of nitrogens with two attached hydrogens (primary N) is 1. The van der Waals surface area contributed by atoms with Crippen LogP contribution in [0.5, 0.6) is 0 Å². The Morgan fingerprint density at radius 1 is 1.29 bits per heavy atom. The molecule has 116 valence electrons. The first-order valence-corrected chi connectivity index (χ1v) is 6.95. The molecule has 1 aromatic carbocycles. The molecule has 0 atom stereocenters. The Bertz CT molecular complexity index is 500. The number of nitrogens with zero attached hydrogens (tertiary/aromatic N) is 3. The van der Waals surface area contributed by atoms with Gasteiger partial charge in [0.15, 0.2) is 5.96 Å². The van der Waals surface area contributed by atoms with Crippen molar-refractivity contribution in [3.63, 3.8) is 0 Å². The van der Waals surface area contributed by atoms with Crippen LogP contribution < -0.4 is 5.73 Å². The average molecular weight is 404 g/mol. The van der Waals surface area contributed by atoms with Crippen molar-refractivity contribution in [1.82, 2.24) is 4.90 Å². The molecule has 0 aromatic heterocycles. The second-order valence-corrected chi connectivity index (χ2v) is 5.00. The van der Waals surface area contributed by atoms with Gasteiger partial charge >= 0.3 is 0 Å². The van der Waals surface area contributed by atoms with Gasteiger partial charge in [-0.1, -0.05) is 25.0 Å². The molecule has 0 radical (unpaired) electrons. The molecule has 7 heteroatoms. The van der Waals surface area contributed by atoms with Gasteiger partial charge in [-0.3, -0.25) is 10.1 Å². The SMILES string of the molecule is I.NC(=NCc1cccc([N+](=O)[O-])c1)N1CCCCCC1. The molecular weight excluding hydrogens is 383 g/mol. The van der Waals surface area contributed by atoms with Crippen molar-refractivity contribution in [3.8, 4) is 0 Å². The van der Waals surface area contributed by atoms with E-state index in [9.17, 15) is 10.1 Å². The summed E-state index contributed by atoms with van der Waals surface area (Å²) in [4.78, 5) is 16.8. The van der Waals surface area contributed by atoms with Gasteiger partial charge in [-0.05, 0) is 18.4 Å². The van der Waals surface area contributed by atoms with Crippen LogP contribution in [0.25, 0.3) is 0 Å². The van der Waals surface area contributed by atoms with E-state index in [-0.39, 0.29) is 29.7 Å². The van der Waals surface area contributed by atoms with Gasteiger partial charge in [-0.2, -0.15) is 0 Å². The molecule has 0 spiro atoms. The predicted octanol–water partition coefficient (Wildman–Crippen LogP) is 2.90. The summed E-state index contributed by atoms with van der Waals surface area (Å²) in [7, 11) is 0. The van der Waals surface area contributed by atoms with E-state index in [0.717, 1.165) is 31.5 Å². The zero-order chi connectivity index (χ0) is 14.4. The quantitative estimate of drug-likeness (QED) is 0.276. The highest BCUT2D eigenvalue weighted by atomic mass is 127. The monoisotopic (exact) mass is 404 g/mol. The Morgan fingerprint density at radius 3 is 2.57 bits per heavy atom. The lowest BCUT2D eigenvalue weighted by atomic mass is 10.2. The summed E-state index contributed by atoms with van der Waals surface area (Å²) in [6.45, 7) is 2.28. The Morgan fingerprint density at radius 2 is 1.95 bits per heavy atom. The maximum Gasteiger partial charge on any atom is 0.269 e. The van der Waals surface area contributed by atoms with Crippen LogP contribution in [0.2, 0.25) is 0 Å². The molecule has 0 aliphatic carbocycles. The molecule has 1 aromatic rings. The van der Waals surface area contributed by atoms with E-state index in [0.29, 0.717) is 12.5 Å². The third-order valence-electron chi connectivity index (χ3n) is 3.48. The third kappa shape index (κ3) is 5.49. The van der Waals surface area contributed by atoms with Crippen LogP contribution in [0.15, 0.2) is 29.3 Å². The Balaban J connectivity index is 0.00000220. The summed E-state index contributed by atoms with van der Waals surface area (Å²) in [6.07, 6.45) is 4.78. The molecule has 0 saturated carbocycles. The molecule has 2 rings (SSSR count). The van der Waals surface area contributed by atoms with E-state index in [4.69, 9.17) is 5.73 Å². The normalized spacial score (nSPS) is 16.0. The molecule has 21 heavy (non-hydrogen) atoms. The van der Waals surface area contributed by atoms with Crippen molar-refractivity contribution in [2.45, 2.75) is 32.2 Å². The number of hydrogen-bond donors (Lipinski definition) is 1. The van der Waals surface area contributed by atoms with E-state index in [1.165, 1.54) is 18.9 Å². The highest BCUT2D eigenvalue weighted by Gasteiger charge is 2.11. The van der Waals surface area contributed by atoms with Crippen molar-refractivity contribution < 1.29 is 4.92 Å². The van der Waals surface area contributed by atoms with Gasteiger partial charge in [0, 0.05) is 25.2 Å². The van der Waals surface area contributed by atoms with Gasteiger partial charge in [0.2, 0.25) is 0 Å². The Kier molecular flexibility index (Phi) is 7.41. The maximum absolute atomic E-state index is 10.7. The van der Waals surface area contributed by atoms with Crippen molar-refractivity contribution in [1.29, 1.82) is 0 Å². The number of nitro benzene ring substituents is 1. The molecule has 1 heterocycles. The molecule has 1 fully saturated rings. The fourth-order valence-corrected chi connectivity index (χ4v) is 2.34. The van der Waals surface area contributed by atoms with Crippen LogP contribution in [-0.2, 0) is 6.54 Å². The third-order valence-corrected chi connectivity index (χ3v) is 3.48. The van der Waals surface area contributed by atoms with Crippen LogP contribution in [0.3, 0.4) is 0 Å². The minimum atomic E-state index is -0.397. The van der Waals surface area contributed by atoms with E-state index in [2.05, 4.69) is 9.89 Å². The number of halogens is 1. The first-order valence-electron chi connectivity index (χ1n) is 6.95. The standard InChI is InChI=1S/C14H20N4O2.HI/c15-14(17-8-3-1-2-4-9-17)16-11-12-6-5-7-13(10-12)18(19)20;/h5-7,10H,1-4,8-9,11H2,(H2,15,16);1H. The van der Waals surface area contributed by atoms with Gasteiger partial charge in [-0.15, -0.1) is 24.0 Å². The lowest BCUT2D eigenvalue weighted by molar-refractivity contribution is -0.384. The minimum Gasteiger partial charge on any atom is -0.370 e. The molecule has 0 amide bonds.